The Morgan fingerprint density at radius 3 is 2.35 bits per heavy atom. The molecule has 0 bridgehead atoms. The SMILES string of the molecule is CC(CO)C(C)NC(=O)NC1CCCCCC1. The van der Waals surface area contributed by atoms with Crippen molar-refractivity contribution < 1.29 is 9.90 Å². The van der Waals surface area contributed by atoms with Gasteiger partial charge in [-0.2, -0.15) is 0 Å². The number of hydrogen-bond donors (Lipinski definition) is 3. The zero-order chi connectivity index (χ0) is 12.7. The average Bonchev–Trinajstić information content (AvgIpc) is 2.56. The van der Waals surface area contributed by atoms with Gasteiger partial charge in [-0.05, 0) is 25.7 Å². The fourth-order valence-corrected chi connectivity index (χ4v) is 2.16. The second-order valence-corrected chi connectivity index (χ2v) is 5.25. The third-order valence-corrected chi connectivity index (χ3v) is 3.69. The van der Waals surface area contributed by atoms with Crippen molar-refractivity contribution in [2.75, 3.05) is 6.61 Å². The van der Waals surface area contributed by atoms with Crippen LogP contribution in [0.25, 0.3) is 0 Å². The van der Waals surface area contributed by atoms with Crippen molar-refractivity contribution in [1.29, 1.82) is 0 Å². The molecular formula is C13H26N2O2. The number of aliphatic hydroxyl groups is 1. The summed E-state index contributed by atoms with van der Waals surface area (Å²) in [5, 5.41) is 14.9. The topological polar surface area (TPSA) is 61.4 Å². The number of rotatable bonds is 4. The van der Waals surface area contributed by atoms with E-state index in [4.69, 9.17) is 5.11 Å². The second-order valence-electron chi connectivity index (χ2n) is 5.25. The Morgan fingerprint density at radius 2 is 1.82 bits per heavy atom. The molecule has 4 nitrogen and oxygen atoms in total. The normalized spacial score (nSPS) is 21.4. The number of carbonyl (C=O) groups excluding carboxylic acids is 1. The van der Waals surface area contributed by atoms with Gasteiger partial charge in [0.2, 0.25) is 0 Å². The monoisotopic (exact) mass is 242 g/mol. The summed E-state index contributed by atoms with van der Waals surface area (Å²) in [5.41, 5.74) is 0. The molecule has 17 heavy (non-hydrogen) atoms. The van der Waals surface area contributed by atoms with Crippen LogP contribution in [-0.2, 0) is 0 Å². The Balaban J connectivity index is 2.27. The standard InChI is InChI=1S/C13H26N2O2/c1-10(9-16)11(2)14-13(17)15-12-7-5-3-4-6-8-12/h10-12,16H,3-9H2,1-2H3,(H2,14,15,17). The van der Waals surface area contributed by atoms with Crippen LogP contribution in [-0.4, -0.2) is 29.8 Å². The van der Waals surface area contributed by atoms with Gasteiger partial charge >= 0.3 is 6.03 Å². The van der Waals surface area contributed by atoms with Gasteiger partial charge in [-0.15, -0.1) is 0 Å². The summed E-state index contributed by atoms with van der Waals surface area (Å²) >= 11 is 0. The van der Waals surface area contributed by atoms with Crippen LogP contribution in [0, 0.1) is 5.92 Å². The number of hydrogen-bond acceptors (Lipinski definition) is 2. The summed E-state index contributed by atoms with van der Waals surface area (Å²) < 4.78 is 0. The highest BCUT2D eigenvalue weighted by Gasteiger charge is 2.17. The Morgan fingerprint density at radius 1 is 1.24 bits per heavy atom. The molecule has 2 atom stereocenters. The van der Waals surface area contributed by atoms with E-state index >= 15 is 0 Å². The van der Waals surface area contributed by atoms with E-state index in [1.54, 1.807) is 0 Å². The predicted molar refractivity (Wildman–Crippen MR) is 68.9 cm³/mol. The first kappa shape index (κ1) is 14.3. The zero-order valence-corrected chi connectivity index (χ0v) is 11.0. The van der Waals surface area contributed by atoms with Gasteiger partial charge in [0, 0.05) is 18.7 Å². The van der Waals surface area contributed by atoms with Crippen molar-refractivity contribution >= 4 is 6.03 Å². The lowest BCUT2D eigenvalue weighted by molar-refractivity contribution is 0.198. The highest BCUT2D eigenvalue weighted by Crippen LogP contribution is 2.17. The zero-order valence-electron chi connectivity index (χ0n) is 11.0. The number of aliphatic hydroxyl groups excluding tert-OH is 1. The predicted octanol–water partition coefficient (Wildman–Crippen LogP) is 2.03. The molecule has 0 aromatic heterocycles. The summed E-state index contributed by atoms with van der Waals surface area (Å²) in [6.45, 7) is 3.95. The van der Waals surface area contributed by atoms with Gasteiger partial charge in [-0.3, -0.25) is 0 Å². The fraction of sp³-hybridized carbons (Fsp3) is 0.923. The highest BCUT2D eigenvalue weighted by molar-refractivity contribution is 5.74. The molecular weight excluding hydrogens is 216 g/mol. The molecule has 0 spiro atoms. The number of urea groups is 1. The van der Waals surface area contributed by atoms with E-state index in [0.717, 1.165) is 12.8 Å². The van der Waals surface area contributed by atoms with Crippen LogP contribution in [0.1, 0.15) is 52.4 Å². The first-order valence-corrected chi connectivity index (χ1v) is 6.81. The van der Waals surface area contributed by atoms with Crippen molar-refractivity contribution in [2.45, 2.75) is 64.5 Å². The third kappa shape index (κ3) is 5.39. The van der Waals surface area contributed by atoms with Crippen LogP contribution >= 0.6 is 0 Å². The second kappa shape index (κ2) is 7.54. The number of amides is 2. The van der Waals surface area contributed by atoms with E-state index in [0.29, 0.717) is 6.04 Å². The van der Waals surface area contributed by atoms with Crippen molar-refractivity contribution in [3.05, 3.63) is 0 Å². The van der Waals surface area contributed by atoms with Crippen LogP contribution < -0.4 is 10.6 Å². The van der Waals surface area contributed by atoms with Gasteiger partial charge in [0.25, 0.3) is 0 Å². The molecule has 0 aliphatic heterocycles. The molecule has 1 saturated carbocycles. The maximum absolute atomic E-state index is 11.8. The van der Waals surface area contributed by atoms with Gasteiger partial charge in [-0.1, -0.05) is 32.6 Å². The highest BCUT2D eigenvalue weighted by atomic mass is 16.3. The lowest BCUT2D eigenvalue weighted by Gasteiger charge is -2.22. The molecule has 3 N–H and O–H groups in total. The van der Waals surface area contributed by atoms with E-state index in [1.165, 1.54) is 25.7 Å². The molecule has 2 unspecified atom stereocenters. The van der Waals surface area contributed by atoms with E-state index in [2.05, 4.69) is 10.6 Å². The Bertz CT molecular complexity index is 225. The molecule has 1 aliphatic rings. The van der Waals surface area contributed by atoms with Gasteiger partial charge in [0.1, 0.15) is 0 Å². The lowest BCUT2D eigenvalue weighted by Crippen LogP contribution is -2.47. The van der Waals surface area contributed by atoms with Crippen LogP contribution in [0.15, 0.2) is 0 Å². The summed E-state index contributed by atoms with van der Waals surface area (Å²) in [4.78, 5) is 11.8. The summed E-state index contributed by atoms with van der Waals surface area (Å²) in [6, 6.07) is 0.240. The summed E-state index contributed by atoms with van der Waals surface area (Å²) in [5.74, 6) is 0.0925. The minimum atomic E-state index is -0.0929. The largest absolute Gasteiger partial charge is 0.396 e. The maximum Gasteiger partial charge on any atom is 0.315 e. The number of carbonyl (C=O) groups is 1. The minimum Gasteiger partial charge on any atom is -0.396 e. The van der Waals surface area contributed by atoms with E-state index in [-0.39, 0.29) is 24.6 Å². The molecule has 2 amide bonds. The number of nitrogens with one attached hydrogen (secondary N) is 2. The average molecular weight is 242 g/mol. The molecule has 0 radical (unpaired) electrons. The van der Waals surface area contributed by atoms with Crippen LogP contribution in [0.3, 0.4) is 0 Å². The fourth-order valence-electron chi connectivity index (χ4n) is 2.16. The van der Waals surface area contributed by atoms with Crippen LogP contribution in [0.4, 0.5) is 4.79 Å². The molecule has 0 aromatic carbocycles. The summed E-state index contributed by atoms with van der Waals surface area (Å²) in [7, 11) is 0. The molecule has 1 aliphatic carbocycles. The van der Waals surface area contributed by atoms with Gasteiger partial charge in [-0.25, -0.2) is 4.79 Å². The quantitative estimate of drug-likeness (QED) is 0.661. The van der Waals surface area contributed by atoms with Crippen molar-refractivity contribution in [2.24, 2.45) is 5.92 Å². The minimum absolute atomic E-state index is 0.00535. The van der Waals surface area contributed by atoms with E-state index < -0.39 is 0 Å². The van der Waals surface area contributed by atoms with E-state index in [9.17, 15) is 4.79 Å². The smallest absolute Gasteiger partial charge is 0.315 e. The van der Waals surface area contributed by atoms with Gasteiger partial charge in [0.15, 0.2) is 0 Å². The van der Waals surface area contributed by atoms with Crippen molar-refractivity contribution in [1.82, 2.24) is 10.6 Å². The van der Waals surface area contributed by atoms with Crippen molar-refractivity contribution in [3.63, 3.8) is 0 Å². The Hall–Kier alpha value is -0.770. The maximum atomic E-state index is 11.8. The van der Waals surface area contributed by atoms with Gasteiger partial charge in [0.05, 0.1) is 0 Å². The molecule has 0 heterocycles. The molecule has 1 rings (SSSR count). The van der Waals surface area contributed by atoms with E-state index in [1.807, 2.05) is 13.8 Å². The van der Waals surface area contributed by atoms with Crippen LogP contribution in [0.5, 0.6) is 0 Å². The first-order chi connectivity index (χ1) is 8.13. The molecule has 100 valence electrons. The Labute approximate surface area is 104 Å². The molecule has 0 aromatic rings. The van der Waals surface area contributed by atoms with Crippen molar-refractivity contribution in [3.8, 4) is 0 Å². The Kier molecular flexibility index (Phi) is 6.34. The molecule has 4 heteroatoms. The third-order valence-electron chi connectivity index (χ3n) is 3.69. The van der Waals surface area contributed by atoms with Gasteiger partial charge < -0.3 is 15.7 Å². The molecule has 0 saturated heterocycles. The van der Waals surface area contributed by atoms with Crippen LogP contribution in [0.2, 0.25) is 0 Å². The summed E-state index contributed by atoms with van der Waals surface area (Å²) in [6.07, 6.45) is 7.20. The first-order valence-electron chi connectivity index (χ1n) is 6.81. The molecule has 1 fully saturated rings. The lowest BCUT2D eigenvalue weighted by atomic mass is 10.1.